The third kappa shape index (κ3) is 2.03. The molecule has 0 aliphatic carbocycles. The summed E-state index contributed by atoms with van der Waals surface area (Å²) in [4.78, 5) is 11.4. The molecule has 1 unspecified atom stereocenters. The minimum atomic E-state index is -0.603. The highest BCUT2D eigenvalue weighted by Crippen LogP contribution is 2.35. The SMILES string of the molecule is CCOC1OC(=O)C(Br)=C1c1ccccc1. The van der Waals surface area contributed by atoms with Gasteiger partial charge in [0.15, 0.2) is 0 Å². The van der Waals surface area contributed by atoms with E-state index in [0.29, 0.717) is 11.1 Å². The molecule has 16 heavy (non-hydrogen) atoms. The van der Waals surface area contributed by atoms with Crippen LogP contribution in [0.1, 0.15) is 12.5 Å². The number of carbonyl (C=O) groups is 1. The Hall–Kier alpha value is -1.13. The molecule has 0 bridgehead atoms. The van der Waals surface area contributed by atoms with E-state index in [1.54, 1.807) is 0 Å². The summed E-state index contributed by atoms with van der Waals surface area (Å²) in [5, 5.41) is 0. The first-order chi connectivity index (χ1) is 7.74. The second-order valence-corrected chi connectivity index (χ2v) is 4.08. The van der Waals surface area contributed by atoms with E-state index in [2.05, 4.69) is 15.9 Å². The fraction of sp³-hybridized carbons (Fsp3) is 0.250. The molecule has 1 aromatic rings. The molecule has 2 rings (SSSR count). The van der Waals surface area contributed by atoms with Crippen LogP contribution in [0.25, 0.3) is 5.57 Å². The normalized spacial score (nSPS) is 20.1. The number of cyclic esters (lactones) is 1. The number of esters is 1. The standard InChI is InChI=1S/C12H11BrO3/c1-2-15-12-9(10(13)11(14)16-12)8-6-4-3-5-7-8/h3-7,12H,2H2,1H3. The third-order valence-electron chi connectivity index (χ3n) is 2.27. The Balaban J connectivity index is 2.39. The molecule has 1 aromatic carbocycles. The monoisotopic (exact) mass is 282 g/mol. The Morgan fingerprint density at radius 3 is 2.69 bits per heavy atom. The summed E-state index contributed by atoms with van der Waals surface area (Å²) in [6.45, 7) is 2.36. The molecule has 0 fully saturated rings. The Labute approximate surface area is 102 Å². The number of ether oxygens (including phenoxy) is 2. The lowest BCUT2D eigenvalue weighted by molar-refractivity contribution is -0.156. The van der Waals surface area contributed by atoms with Crippen molar-refractivity contribution >= 4 is 27.5 Å². The molecule has 4 heteroatoms. The van der Waals surface area contributed by atoms with Crippen LogP contribution in [0.2, 0.25) is 0 Å². The Kier molecular flexibility index (Phi) is 3.41. The molecular weight excluding hydrogens is 272 g/mol. The molecule has 0 spiro atoms. The van der Waals surface area contributed by atoms with Gasteiger partial charge in [-0.15, -0.1) is 0 Å². The van der Waals surface area contributed by atoms with Crippen molar-refractivity contribution in [2.24, 2.45) is 0 Å². The van der Waals surface area contributed by atoms with E-state index >= 15 is 0 Å². The zero-order chi connectivity index (χ0) is 11.5. The smallest absolute Gasteiger partial charge is 0.348 e. The molecule has 0 amide bonds. The minimum absolute atomic E-state index is 0.377. The summed E-state index contributed by atoms with van der Waals surface area (Å²) in [5.74, 6) is -0.377. The molecule has 1 atom stereocenters. The van der Waals surface area contributed by atoms with Crippen molar-refractivity contribution in [1.82, 2.24) is 0 Å². The van der Waals surface area contributed by atoms with Crippen LogP contribution in [-0.2, 0) is 14.3 Å². The topological polar surface area (TPSA) is 35.5 Å². The van der Waals surface area contributed by atoms with E-state index in [1.807, 2.05) is 37.3 Å². The number of halogens is 1. The van der Waals surface area contributed by atoms with Crippen molar-refractivity contribution in [3.05, 3.63) is 40.4 Å². The van der Waals surface area contributed by atoms with Crippen LogP contribution >= 0.6 is 15.9 Å². The third-order valence-corrected chi connectivity index (χ3v) is 3.02. The summed E-state index contributed by atoms with van der Waals surface area (Å²) in [5.41, 5.74) is 1.69. The second kappa shape index (κ2) is 4.80. The van der Waals surface area contributed by atoms with E-state index in [1.165, 1.54) is 0 Å². The van der Waals surface area contributed by atoms with Gasteiger partial charge in [-0.2, -0.15) is 0 Å². The van der Waals surface area contributed by atoms with Crippen molar-refractivity contribution in [1.29, 1.82) is 0 Å². The molecule has 1 heterocycles. The first-order valence-electron chi connectivity index (χ1n) is 5.01. The van der Waals surface area contributed by atoms with Crippen molar-refractivity contribution < 1.29 is 14.3 Å². The van der Waals surface area contributed by atoms with Gasteiger partial charge in [-0.25, -0.2) is 4.79 Å². The van der Waals surface area contributed by atoms with Gasteiger partial charge in [0.05, 0.1) is 0 Å². The molecule has 0 aromatic heterocycles. The zero-order valence-electron chi connectivity index (χ0n) is 8.77. The first-order valence-corrected chi connectivity index (χ1v) is 5.81. The van der Waals surface area contributed by atoms with Gasteiger partial charge >= 0.3 is 5.97 Å². The first kappa shape index (κ1) is 11.4. The largest absolute Gasteiger partial charge is 0.427 e. The van der Waals surface area contributed by atoms with Gasteiger partial charge in [-0.3, -0.25) is 0 Å². The summed E-state index contributed by atoms with van der Waals surface area (Å²) >= 11 is 3.24. The van der Waals surface area contributed by atoms with Crippen LogP contribution in [0.4, 0.5) is 0 Å². The molecule has 1 aliphatic heterocycles. The van der Waals surface area contributed by atoms with Crippen LogP contribution < -0.4 is 0 Å². The van der Waals surface area contributed by atoms with Gasteiger partial charge in [0.2, 0.25) is 6.29 Å². The van der Waals surface area contributed by atoms with Crippen LogP contribution in [0.3, 0.4) is 0 Å². The molecule has 0 saturated heterocycles. The Bertz CT molecular complexity index is 425. The van der Waals surface area contributed by atoms with E-state index < -0.39 is 6.29 Å². The molecule has 3 nitrogen and oxygen atoms in total. The fourth-order valence-corrected chi connectivity index (χ4v) is 2.08. The lowest BCUT2D eigenvalue weighted by Crippen LogP contribution is -2.15. The maximum Gasteiger partial charge on any atom is 0.348 e. The molecule has 1 aliphatic rings. The maximum absolute atomic E-state index is 11.4. The molecule has 84 valence electrons. The summed E-state index contributed by atoms with van der Waals surface area (Å²) < 4.78 is 10.9. The van der Waals surface area contributed by atoms with Gasteiger partial charge < -0.3 is 9.47 Å². The minimum Gasteiger partial charge on any atom is -0.427 e. The van der Waals surface area contributed by atoms with E-state index in [9.17, 15) is 4.79 Å². The highest BCUT2D eigenvalue weighted by molar-refractivity contribution is 9.12. The van der Waals surface area contributed by atoms with E-state index in [0.717, 1.165) is 11.1 Å². The second-order valence-electron chi connectivity index (χ2n) is 3.29. The Morgan fingerprint density at radius 1 is 1.38 bits per heavy atom. The summed E-state index contributed by atoms with van der Waals surface area (Å²) in [7, 11) is 0. The van der Waals surface area contributed by atoms with Gasteiger partial charge in [-0.1, -0.05) is 30.3 Å². The van der Waals surface area contributed by atoms with Crippen LogP contribution in [0.5, 0.6) is 0 Å². The van der Waals surface area contributed by atoms with Gasteiger partial charge in [0, 0.05) is 12.2 Å². The lowest BCUT2D eigenvalue weighted by Gasteiger charge is -2.13. The summed E-state index contributed by atoms with van der Waals surface area (Å²) in [6.07, 6.45) is -0.603. The maximum atomic E-state index is 11.4. The fourth-order valence-electron chi connectivity index (χ4n) is 1.57. The van der Waals surface area contributed by atoms with Crippen molar-refractivity contribution in [2.75, 3.05) is 6.61 Å². The van der Waals surface area contributed by atoms with Crippen LogP contribution in [-0.4, -0.2) is 18.9 Å². The lowest BCUT2D eigenvalue weighted by atomic mass is 10.1. The van der Waals surface area contributed by atoms with Gasteiger partial charge in [0.25, 0.3) is 0 Å². The quantitative estimate of drug-likeness (QED) is 0.800. The zero-order valence-corrected chi connectivity index (χ0v) is 10.4. The average Bonchev–Trinajstić information content (AvgIpc) is 2.57. The van der Waals surface area contributed by atoms with Crippen molar-refractivity contribution in [2.45, 2.75) is 13.2 Å². The van der Waals surface area contributed by atoms with Crippen molar-refractivity contribution in [3.63, 3.8) is 0 Å². The van der Waals surface area contributed by atoms with E-state index in [4.69, 9.17) is 9.47 Å². The molecular formula is C12H11BrO3. The highest BCUT2D eigenvalue weighted by atomic mass is 79.9. The number of carbonyl (C=O) groups excluding carboxylic acids is 1. The molecule has 0 N–H and O–H groups in total. The van der Waals surface area contributed by atoms with Crippen LogP contribution in [0.15, 0.2) is 34.8 Å². The number of hydrogen-bond donors (Lipinski definition) is 0. The Morgan fingerprint density at radius 2 is 2.06 bits per heavy atom. The van der Waals surface area contributed by atoms with Gasteiger partial charge in [0.1, 0.15) is 4.48 Å². The van der Waals surface area contributed by atoms with Crippen molar-refractivity contribution in [3.8, 4) is 0 Å². The molecule has 0 radical (unpaired) electrons. The number of rotatable bonds is 3. The predicted molar refractivity (Wildman–Crippen MR) is 63.8 cm³/mol. The number of benzene rings is 1. The van der Waals surface area contributed by atoms with E-state index in [-0.39, 0.29) is 5.97 Å². The van der Waals surface area contributed by atoms with Gasteiger partial charge in [-0.05, 0) is 28.4 Å². The average molecular weight is 283 g/mol. The summed E-state index contributed by atoms with van der Waals surface area (Å²) in [6, 6.07) is 9.59. The predicted octanol–water partition coefficient (Wildman–Crippen LogP) is 2.71. The number of hydrogen-bond acceptors (Lipinski definition) is 3. The molecule has 0 saturated carbocycles. The van der Waals surface area contributed by atoms with Crippen LogP contribution in [0, 0.1) is 0 Å². The highest BCUT2D eigenvalue weighted by Gasteiger charge is 2.33.